The number of ether oxygens (including phenoxy) is 4. The number of aliphatic carboxylic acids is 1. The van der Waals surface area contributed by atoms with Crippen molar-refractivity contribution in [3.8, 4) is 22.8 Å². The predicted octanol–water partition coefficient (Wildman–Crippen LogP) is 11.3. The van der Waals surface area contributed by atoms with Crippen LogP contribution in [0.25, 0.3) is 22.2 Å². The highest BCUT2D eigenvalue weighted by Gasteiger charge is 2.37. The Labute approximate surface area is 624 Å². The quantitative estimate of drug-likeness (QED) is 0.0349. The number of amides is 1. The number of rotatable bonds is 16. The van der Waals surface area contributed by atoms with Gasteiger partial charge < -0.3 is 63.2 Å². The molecular weight excluding hydrogens is 1430 g/mol. The first-order valence-corrected chi connectivity index (χ1v) is 36.3. The molecule has 568 valence electrons. The maximum atomic E-state index is 12.1. The van der Waals surface area contributed by atoms with Crippen LogP contribution in [0.5, 0.6) is 11.6 Å². The Morgan fingerprint density at radius 3 is 1.65 bits per heavy atom. The molecule has 7 N–H and O–H groups in total. The summed E-state index contributed by atoms with van der Waals surface area (Å²) in [6.45, 7) is 19.3. The molecule has 1 fully saturated rings. The van der Waals surface area contributed by atoms with Gasteiger partial charge in [0.1, 0.15) is 33.1 Å². The first-order chi connectivity index (χ1) is 51.4. The number of aryl methyl sites for hydroxylation is 3. The molecule has 1 amide bonds. The molecule has 1 aliphatic heterocycles. The molecule has 12 rings (SSSR count). The molecule has 0 aliphatic carbocycles. The lowest BCUT2D eigenvalue weighted by Gasteiger charge is -2.25. The average molecular weight is 1520 g/mol. The van der Waals surface area contributed by atoms with Crippen molar-refractivity contribution < 1.29 is 91.4 Å². The number of aromatic carboxylic acids is 1. The normalized spacial score (nSPS) is 12.5. The highest BCUT2D eigenvalue weighted by atomic mass is 31.2. The number of furan rings is 1. The lowest BCUT2D eigenvalue weighted by atomic mass is 9.77. The topological polar surface area (TPSA) is 430 Å². The van der Waals surface area contributed by atoms with Crippen LogP contribution in [0.15, 0.2) is 219 Å². The Bertz CT molecular complexity index is 4680. The maximum absolute atomic E-state index is 12.1. The molecule has 10 aromatic heterocycles. The number of aromatic hydroxyl groups is 1. The van der Waals surface area contributed by atoms with E-state index in [4.69, 9.17) is 48.4 Å². The SMILES string of the molecule is CC(=O)C(C)c1ccncc1C(=O)O.CC(C(=O)O)(c1ccccc1)c1ccncc1.CCN(CC)C(=O)c1c(C)ccnc1C.COC(=O)C(C)c1ccncc1.COc1ccc(-c2ccncc2)cn1.Cc1ccncc1C1OCCO1.O=P(O)(O)c1ccnc2ccoc12.O=P(O)(O)c1ccncc1O. The number of hydrogen-bond donors (Lipinski definition) is 7. The number of fused-ring (bicyclic) bond motifs is 1. The molecule has 11 aromatic rings. The highest BCUT2D eigenvalue weighted by Crippen LogP contribution is 2.37. The van der Waals surface area contributed by atoms with Crippen LogP contribution in [-0.2, 0) is 43.1 Å². The zero-order chi connectivity index (χ0) is 79.6. The molecule has 0 radical (unpaired) electrons. The number of carboxylic acids is 2. The monoisotopic (exact) mass is 1520 g/mol. The molecule has 3 atom stereocenters. The summed E-state index contributed by atoms with van der Waals surface area (Å²) in [5.41, 5.74) is 9.51. The molecule has 31 heteroatoms. The number of methoxy groups -OCH3 is 2. The Hall–Kier alpha value is -11.5. The van der Waals surface area contributed by atoms with Crippen LogP contribution in [0, 0.1) is 20.8 Å². The van der Waals surface area contributed by atoms with E-state index in [0.29, 0.717) is 30.2 Å². The number of benzene rings is 1. The number of hydrogen-bond acceptors (Lipinski definition) is 22. The van der Waals surface area contributed by atoms with Crippen molar-refractivity contribution in [2.75, 3.05) is 40.5 Å². The standard InChI is InChI=1S/C14H13NO2.C12H18N2O.C11H10N2O.C10H11NO3.2C9H11NO2.C7H6NO4P.C5H6NO4P/c1-14(13(16)17,11-5-3-2-4-6-11)12-7-9-15-10-8-12;1-5-14(6-2)12(15)11-9(3)7-8-13-10(11)4;1-14-11-3-2-10(8-13-11)9-4-6-12-7-5-9;1-6(7(2)12)8-3-4-11-5-9(8)10(13)14;1-7-2-3-10-6-8(7)9-11-4-5-12-9;1-7(9(11)12-2)8-3-5-10-6-4-8;9-13(10,11)6-1-3-8-5-2-4-12-7(5)6;7-4-3-6-2-1-5(4)11(8,9)10/h2-10H,1H3,(H,16,17);7-8H,5-6H2,1-4H3;2-8H,1H3;3-6H,1-2H3,(H,13,14);2-3,6,9H,4-5H2,1H3;3-7H,1-2H3;1-4H,(H2,9,10,11);1-3,7H,(H2,8,9,10). The van der Waals surface area contributed by atoms with Crippen LogP contribution in [0.3, 0.4) is 0 Å². The van der Waals surface area contributed by atoms with Crippen LogP contribution in [0.1, 0.15) is 125 Å². The van der Waals surface area contributed by atoms with Crippen molar-refractivity contribution in [3.05, 3.63) is 270 Å². The summed E-state index contributed by atoms with van der Waals surface area (Å²) < 4.78 is 46.7. The first kappa shape index (κ1) is 87.1. The van der Waals surface area contributed by atoms with Crippen molar-refractivity contribution in [2.24, 2.45) is 0 Å². The van der Waals surface area contributed by atoms with Crippen LogP contribution in [0.4, 0.5) is 0 Å². The third-order valence-corrected chi connectivity index (χ3v) is 18.2. The van der Waals surface area contributed by atoms with Crippen molar-refractivity contribution in [3.63, 3.8) is 0 Å². The zero-order valence-electron chi connectivity index (χ0n) is 61.2. The number of carbonyl (C=O) groups is 5. The van der Waals surface area contributed by atoms with Gasteiger partial charge in [-0.05, 0) is 167 Å². The fourth-order valence-electron chi connectivity index (χ4n) is 9.89. The molecule has 1 saturated heterocycles. The minimum atomic E-state index is -4.35. The van der Waals surface area contributed by atoms with Gasteiger partial charge in [-0.15, -0.1) is 0 Å². The first-order valence-electron chi connectivity index (χ1n) is 33.1. The van der Waals surface area contributed by atoms with E-state index in [-0.39, 0.29) is 46.3 Å². The number of carbonyl (C=O) groups excluding carboxylic acids is 3. The van der Waals surface area contributed by atoms with E-state index in [2.05, 4.69) is 49.6 Å². The summed E-state index contributed by atoms with van der Waals surface area (Å²) in [6.07, 6.45) is 24.6. The van der Waals surface area contributed by atoms with Crippen LogP contribution >= 0.6 is 15.2 Å². The second kappa shape index (κ2) is 43.2. The second-order valence-corrected chi connectivity index (χ2v) is 26.4. The molecule has 3 unspecified atom stereocenters. The van der Waals surface area contributed by atoms with Crippen molar-refractivity contribution in [2.45, 2.75) is 85.9 Å². The number of ketones is 1. The van der Waals surface area contributed by atoms with Gasteiger partial charge in [0.25, 0.3) is 5.91 Å². The molecule has 108 heavy (non-hydrogen) atoms. The number of Topliss-reactive ketones (excluding diaryl/α,β-unsaturated/α-hetero) is 1. The van der Waals surface area contributed by atoms with Gasteiger partial charge in [-0.25, -0.2) is 9.78 Å². The maximum Gasteiger partial charge on any atom is 0.360 e. The van der Waals surface area contributed by atoms with Gasteiger partial charge in [-0.1, -0.05) is 37.3 Å². The fraction of sp³-hybridized carbons (Fsp3) is 0.247. The summed E-state index contributed by atoms with van der Waals surface area (Å²) in [4.78, 5) is 129. The van der Waals surface area contributed by atoms with Crippen molar-refractivity contribution >= 4 is 66.5 Å². The number of esters is 1. The van der Waals surface area contributed by atoms with E-state index in [1.54, 1.807) is 114 Å². The van der Waals surface area contributed by atoms with E-state index in [1.807, 2.05) is 118 Å². The second-order valence-electron chi connectivity index (χ2n) is 23.3. The molecule has 1 aliphatic rings. The summed E-state index contributed by atoms with van der Waals surface area (Å²) in [7, 11) is -5.62. The predicted molar refractivity (Wildman–Crippen MR) is 402 cm³/mol. The number of carboxylic acid groups (broad SMARTS) is 2. The Balaban J connectivity index is 0.000000222. The summed E-state index contributed by atoms with van der Waals surface area (Å²) in [5, 5.41) is 26.7. The van der Waals surface area contributed by atoms with Crippen molar-refractivity contribution in [1.29, 1.82) is 0 Å². The number of pyridine rings is 9. The largest absolute Gasteiger partial charge is 0.505 e. The van der Waals surface area contributed by atoms with E-state index < -0.39 is 49.5 Å². The van der Waals surface area contributed by atoms with Gasteiger partial charge >= 0.3 is 33.1 Å². The molecule has 0 spiro atoms. The van der Waals surface area contributed by atoms with E-state index in [1.165, 1.54) is 51.2 Å². The summed E-state index contributed by atoms with van der Waals surface area (Å²) >= 11 is 0. The van der Waals surface area contributed by atoms with Crippen LogP contribution in [-0.4, -0.2) is 155 Å². The Kier molecular flexibility index (Phi) is 34.8. The number of nitrogens with zero attached hydrogens (tertiary/aromatic N) is 10. The molecule has 0 bridgehead atoms. The Morgan fingerprint density at radius 1 is 0.593 bits per heavy atom. The van der Waals surface area contributed by atoms with Crippen LogP contribution < -0.4 is 15.3 Å². The lowest BCUT2D eigenvalue weighted by Crippen LogP contribution is -2.33. The molecular formula is C77H86N10O19P2. The van der Waals surface area contributed by atoms with E-state index >= 15 is 0 Å². The molecule has 11 heterocycles. The lowest BCUT2D eigenvalue weighted by molar-refractivity contribution is -0.142. The van der Waals surface area contributed by atoms with Gasteiger partial charge in [0.05, 0.1) is 62.6 Å². The van der Waals surface area contributed by atoms with Gasteiger partial charge in [-0.2, -0.15) is 0 Å². The van der Waals surface area contributed by atoms with E-state index in [9.17, 15) is 38.2 Å². The smallest absolute Gasteiger partial charge is 0.360 e. The molecule has 1 aromatic carbocycles. The number of aromatic nitrogens is 9. The minimum Gasteiger partial charge on any atom is -0.505 e. The van der Waals surface area contributed by atoms with Gasteiger partial charge in [0.2, 0.25) is 5.88 Å². The average Bonchev–Trinajstić information content (AvgIpc) is 1.03. The van der Waals surface area contributed by atoms with Gasteiger partial charge in [-0.3, -0.25) is 68.2 Å². The van der Waals surface area contributed by atoms with Crippen molar-refractivity contribution in [1.82, 2.24) is 49.8 Å². The van der Waals surface area contributed by atoms with Gasteiger partial charge in [0, 0.05) is 129 Å². The third-order valence-electron chi connectivity index (χ3n) is 16.2. The Morgan fingerprint density at radius 2 is 1.13 bits per heavy atom. The zero-order valence-corrected chi connectivity index (χ0v) is 63.0. The van der Waals surface area contributed by atoms with E-state index in [0.717, 1.165) is 81.1 Å². The fourth-order valence-corrected chi connectivity index (χ4v) is 11.2. The van der Waals surface area contributed by atoms with Gasteiger partial charge in [0.15, 0.2) is 11.9 Å². The van der Waals surface area contributed by atoms with Crippen LogP contribution in [0.2, 0.25) is 0 Å². The minimum absolute atomic E-state index is 0.0568. The summed E-state index contributed by atoms with van der Waals surface area (Å²) in [6, 6.07) is 33.3. The third kappa shape index (κ3) is 25.9. The highest BCUT2D eigenvalue weighted by molar-refractivity contribution is 7.61. The molecule has 0 saturated carbocycles. The summed E-state index contributed by atoms with van der Waals surface area (Å²) in [5.74, 6) is -2.58. The molecule has 29 nitrogen and oxygen atoms in total.